The molecule has 3 N–H and O–H groups in total. The van der Waals surface area contributed by atoms with E-state index in [9.17, 15) is 9.59 Å². The van der Waals surface area contributed by atoms with Crippen molar-refractivity contribution < 1.29 is 9.59 Å². The monoisotopic (exact) mass is 416 g/mol. The van der Waals surface area contributed by atoms with E-state index < -0.39 is 6.04 Å². The van der Waals surface area contributed by atoms with Gasteiger partial charge in [0.2, 0.25) is 11.8 Å². The molecule has 8 heteroatoms. The standard InChI is InChI=1S/C19H28N4O2.2ClH/c1-14(21-19(25)17-9-2-3-10-20-17)18(24)22-15-7-6-8-16(13-15)23-11-4-5-12-23;;/h6-8,13-14,17,20H,2-5,9-12H2,1H3,(H,21,25)(H,22,24);2*1H/t14?,17-;;/m1../s1. The Morgan fingerprint density at radius 1 is 1.15 bits per heavy atom. The third-order valence-electron chi connectivity index (χ3n) is 4.96. The summed E-state index contributed by atoms with van der Waals surface area (Å²) in [6.07, 6.45) is 5.42. The number of piperidine rings is 1. The minimum absolute atomic E-state index is 0. The fourth-order valence-corrected chi connectivity index (χ4v) is 3.46. The predicted molar refractivity (Wildman–Crippen MR) is 114 cm³/mol. The average Bonchev–Trinajstić information content (AvgIpc) is 3.17. The number of amides is 2. The van der Waals surface area contributed by atoms with Crippen molar-refractivity contribution in [1.29, 1.82) is 0 Å². The van der Waals surface area contributed by atoms with E-state index in [-0.39, 0.29) is 42.7 Å². The maximum atomic E-state index is 12.4. The molecule has 2 amide bonds. The van der Waals surface area contributed by atoms with Crippen LogP contribution in [0.25, 0.3) is 0 Å². The van der Waals surface area contributed by atoms with Gasteiger partial charge in [-0.05, 0) is 57.4 Å². The highest BCUT2D eigenvalue weighted by molar-refractivity contribution is 5.97. The number of nitrogens with one attached hydrogen (secondary N) is 3. The molecule has 0 saturated carbocycles. The van der Waals surface area contributed by atoms with E-state index in [0.717, 1.165) is 50.3 Å². The summed E-state index contributed by atoms with van der Waals surface area (Å²) in [5.41, 5.74) is 1.91. The number of carbonyl (C=O) groups excluding carboxylic acids is 2. The molecule has 1 aromatic carbocycles. The van der Waals surface area contributed by atoms with Crippen molar-refractivity contribution in [1.82, 2.24) is 10.6 Å². The third-order valence-corrected chi connectivity index (χ3v) is 4.96. The highest BCUT2D eigenvalue weighted by atomic mass is 35.5. The van der Waals surface area contributed by atoms with Crippen LogP contribution in [-0.2, 0) is 9.59 Å². The maximum absolute atomic E-state index is 12.4. The van der Waals surface area contributed by atoms with E-state index in [2.05, 4.69) is 26.9 Å². The van der Waals surface area contributed by atoms with Crippen LogP contribution >= 0.6 is 24.8 Å². The predicted octanol–water partition coefficient (Wildman–Crippen LogP) is 2.72. The number of benzene rings is 1. The highest BCUT2D eigenvalue weighted by Gasteiger charge is 2.24. The molecule has 3 rings (SSSR count). The van der Waals surface area contributed by atoms with Crippen molar-refractivity contribution in [3.63, 3.8) is 0 Å². The smallest absolute Gasteiger partial charge is 0.246 e. The number of hydrogen-bond acceptors (Lipinski definition) is 4. The first-order chi connectivity index (χ1) is 12.1. The lowest BCUT2D eigenvalue weighted by atomic mass is 10.0. The Bertz CT molecular complexity index is 617. The van der Waals surface area contributed by atoms with Crippen LogP contribution in [0.2, 0.25) is 0 Å². The van der Waals surface area contributed by atoms with Gasteiger partial charge in [-0.15, -0.1) is 24.8 Å². The molecule has 2 aliphatic heterocycles. The van der Waals surface area contributed by atoms with Gasteiger partial charge < -0.3 is 20.9 Å². The zero-order chi connectivity index (χ0) is 17.6. The Balaban J connectivity index is 0.00000182. The quantitative estimate of drug-likeness (QED) is 0.689. The normalized spacial score (nSPS) is 20.0. The molecule has 0 radical (unpaired) electrons. The minimum atomic E-state index is -0.563. The molecule has 2 heterocycles. The van der Waals surface area contributed by atoms with Gasteiger partial charge in [0.25, 0.3) is 0 Å². The number of rotatable bonds is 5. The van der Waals surface area contributed by atoms with Gasteiger partial charge in [0.1, 0.15) is 6.04 Å². The molecule has 1 aromatic rings. The van der Waals surface area contributed by atoms with Gasteiger partial charge in [-0.25, -0.2) is 0 Å². The van der Waals surface area contributed by atoms with Crippen LogP contribution in [0.15, 0.2) is 24.3 Å². The van der Waals surface area contributed by atoms with Crippen molar-refractivity contribution >= 4 is 48.0 Å². The Morgan fingerprint density at radius 3 is 2.56 bits per heavy atom. The molecular weight excluding hydrogens is 387 g/mol. The second-order valence-electron chi connectivity index (χ2n) is 6.97. The molecule has 2 saturated heterocycles. The van der Waals surface area contributed by atoms with Crippen LogP contribution in [-0.4, -0.2) is 43.5 Å². The van der Waals surface area contributed by atoms with Crippen molar-refractivity contribution in [3.05, 3.63) is 24.3 Å². The van der Waals surface area contributed by atoms with Crippen LogP contribution in [0.3, 0.4) is 0 Å². The second-order valence-corrected chi connectivity index (χ2v) is 6.97. The summed E-state index contributed by atoms with van der Waals surface area (Å²) in [5.74, 6) is -0.282. The first kappa shape index (κ1) is 23.5. The first-order valence-corrected chi connectivity index (χ1v) is 9.33. The van der Waals surface area contributed by atoms with E-state index in [1.807, 2.05) is 18.2 Å². The van der Waals surface area contributed by atoms with Crippen molar-refractivity contribution in [2.45, 2.75) is 51.1 Å². The number of carbonyl (C=O) groups is 2. The highest BCUT2D eigenvalue weighted by Crippen LogP contribution is 2.23. The van der Waals surface area contributed by atoms with E-state index >= 15 is 0 Å². The first-order valence-electron chi connectivity index (χ1n) is 9.33. The summed E-state index contributed by atoms with van der Waals surface area (Å²) >= 11 is 0. The van der Waals surface area contributed by atoms with Gasteiger partial charge in [0.15, 0.2) is 0 Å². The summed E-state index contributed by atoms with van der Waals surface area (Å²) in [7, 11) is 0. The summed E-state index contributed by atoms with van der Waals surface area (Å²) in [6.45, 7) is 4.72. The van der Waals surface area contributed by atoms with Crippen LogP contribution in [0.1, 0.15) is 39.0 Å². The molecular formula is C19H30Cl2N4O2. The largest absolute Gasteiger partial charge is 0.371 e. The maximum Gasteiger partial charge on any atom is 0.246 e. The van der Waals surface area contributed by atoms with E-state index in [1.54, 1.807) is 6.92 Å². The van der Waals surface area contributed by atoms with Crippen LogP contribution in [0, 0.1) is 0 Å². The van der Waals surface area contributed by atoms with Crippen molar-refractivity contribution in [2.75, 3.05) is 29.9 Å². The second kappa shape index (κ2) is 11.4. The van der Waals surface area contributed by atoms with Crippen LogP contribution < -0.4 is 20.9 Å². The summed E-state index contributed by atoms with van der Waals surface area (Å²) < 4.78 is 0. The molecule has 1 unspecified atom stereocenters. The Kier molecular flexibility index (Phi) is 9.91. The van der Waals surface area contributed by atoms with Crippen LogP contribution in [0.5, 0.6) is 0 Å². The van der Waals surface area contributed by atoms with E-state index in [0.29, 0.717) is 0 Å². The topological polar surface area (TPSA) is 73.5 Å². The zero-order valence-corrected chi connectivity index (χ0v) is 17.3. The Hall–Kier alpha value is -1.50. The SMILES string of the molecule is CC(NC(=O)[C@H]1CCCCN1)C(=O)Nc1cccc(N2CCCC2)c1.Cl.Cl. The van der Waals surface area contributed by atoms with Gasteiger partial charge >= 0.3 is 0 Å². The number of anilines is 2. The lowest BCUT2D eigenvalue weighted by molar-refractivity contribution is -0.128. The zero-order valence-electron chi connectivity index (χ0n) is 15.7. The summed E-state index contributed by atoms with van der Waals surface area (Å²) in [5, 5.41) is 8.93. The fraction of sp³-hybridized carbons (Fsp3) is 0.579. The molecule has 27 heavy (non-hydrogen) atoms. The van der Waals surface area contributed by atoms with Crippen molar-refractivity contribution in [3.8, 4) is 0 Å². The molecule has 2 aliphatic rings. The lowest BCUT2D eigenvalue weighted by Crippen LogP contribution is -2.51. The molecule has 152 valence electrons. The van der Waals surface area contributed by atoms with E-state index in [1.165, 1.54) is 12.8 Å². The van der Waals surface area contributed by atoms with Gasteiger partial charge in [-0.3, -0.25) is 9.59 Å². The number of halogens is 2. The summed E-state index contributed by atoms with van der Waals surface area (Å²) in [6, 6.07) is 7.17. The molecule has 0 spiro atoms. The minimum Gasteiger partial charge on any atom is -0.371 e. The lowest BCUT2D eigenvalue weighted by Gasteiger charge is -2.24. The molecule has 0 bridgehead atoms. The van der Waals surface area contributed by atoms with Gasteiger partial charge in [0, 0.05) is 24.5 Å². The van der Waals surface area contributed by atoms with Crippen LogP contribution in [0.4, 0.5) is 11.4 Å². The summed E-state index contributed by atoms with van der Waals surface area (Å²) in [4.78, 5) is 27.0. The number of hydrogen-bond donors (Lipinski definition) is 3. The Morgan fingerprint density at radius 2 is 1.89 bits per heavy atom. The van der Waals surface area contributed by atoms with Gasteiger partial charge in [-0.1, -0.05) is 12.5 Å². The molecule has 2 fully saturated rings. The third kappa shape index (κ3) is 6.55. The average molecular weight is 417 g/mol. The molecule has 2 atom stereocenters. The Labute approximate surface area is 173 Å². The van der Waals surface area contributed by atoms with Crippen molar-refractivity contribution in [2.24, 2.45) is 0 Å². The fourth-order valence-electron chi connectivity index (χ4n) is 3.46. The van der Waals surface area contributed by atoms with Gasteiger partial charge in [-0.2, -0.15) is 0 Å². The van der Waals surface area contributed by atoms with Gasteiger partial charge in [0.05, 0.1) is 6.04 Å². The molecule has 6 nitrogen and oxygen atoms in total. The molecule has 0 aromatic heterocycles. The number of nitrogens with zero attached hydrogens (tertiary/aromatic N) is 1. The molecule has 0 aliphatic carbocycles. The van der Waals surface area contributed by atoms with E-state index in [4.69, 9.17) is 0 Å².